The molecule has 1 N–H and O–H groups in total. The van der Waals surface area contributed by atoms with E-state index in [4.69, 9.17) is 0 Å². The van der Waals surface area contributed by atoms with Crippen LogP contribution in [-0.2, 0) is 16.4 Å². The van der Waals surface area contributed by atoms with Gasteiger partial charge in [-0.2, -0.15) is 4.31 Å². The number of nitrogens with one attached hydrogen (secondary N) is 1. The van der Waals surface area contributed by atoms with Crippen LogP contribution in [0.15, 0.2) is 47.6 Å². The van der Waals surface area contributed by atoms with Gasteiger partial charge in [0.15, 0.2) is 5.03 Å². The lowest BCUT2D eigenvalue weighted by molar-refractivity contribution is 0.434. The first-order valence-corrected chi connectivity index (χ1v) is 9.32. The van der Waals surface area contributed by atoms with Gasteiger partial charge in [-0.15, -0.1) is 0 Å². The van der Waals surface area contributed by atoms with E-state index >= 15 is 0 Å². The molecule has 1 fully saturated rings. The van der Waals surface area contributed by atoms with Crippen LogP contribution in [0.25, 0.3) is 6.08 Å². The van der Waals surface area contributed by atoms with Crippen LogP contribution in [-0.4, -0.2) is 35.3 Å². The average Bonchev–Trinajstić information content (AvgIpc) is 3.26. The molecule has 0 unspecified atom stereocenters. The number of hydrogen-bond acceptors (Lipinski definition) is 3. The zero-order valence-electron chi connectivity index (χ0n) is 13.1. The molecular formula is C17H21N3O2S. The van der Waals surface area contributed by atoms with Gasteiger partial charge in [0.05, 0.1) is 6.20 Å². The first-order chi connectivity index (χ1) is 11.1. The summed E-state index contributed by atoms with van der Waals surface area (Å²) in [7, 11) is -3.52. The standard InChI is InChI=1S/C17H21N3O2S/c1-2-16-18-13-17(19-16)23(21,22)20(15-10-11-15)12-6-9-14-7-4-3-5-8-14/h3-9,13,15H,2,10-12H2,1H3,(H,18,19)/b9-6+. The summed E-state index contributed by atoms with van der Waals surface area (Å²) >= 11 is 0. The van der Waals surface area contributed by atoms with E-state index in [2.05, 4.69) is 9.97 Å². The molecule has 1 aliphatic carbocycles. The Labute approximate surface area is 137 Å². The molecule has 23 heavy (non-hydrogen) atoms. The zero-order valence-corrected chi connectivity index (χ0v) is 14.0. The Morgan fingerprint density at radius 3 is 2.65 bits per heavy atom. The minimum atomic E-state index is -3.52. The molecule has 1 saturated carbocycles. The fourth-order valence-electron chi connectivity index (χ4n) is 2.44. The van der Waals surface area contributed by atoms with E-state index < -0.39 is 10.0 Å². The largest absolute Gasteiger partial charge is 0.332 e. The lowest BCUT2D eigenvalue weighted by Crippen LogP contribution is -2.33. The minimum Gasteiger partial charge on any atom is -0.332 e. The van der Waals surface area contributed by atoms with Crippen LogP contribution in [0.3, 0.4) is 0 Å². The SMILES string of the molecule is CCc1ncc(S(=O)(=O)N(C/C=C/c2ccccc2)C2CC2)[nH]1. The molecule has 0 radical (unpaired) electrons. The fraction of sp³-hybridized carbons (Fsp3) is 0.353. The molecule has 0 saturated heterocycles. The highest BCUT2D eigenvalue weighted by Crippen LogP contribution is 2.31. The van der Waals surface area contributed by atoms with Crippen molar-refractivity contribution in [3.63, 3.8) is 0 Å². The maximum atomic E-state index is 12.8. The van der Waals surface area contributed by atoms with Gasteiger partial charge in [0, 0.05) is 19.0 Å². The Morgan fingerprint density at radius 1 is 1.30 bits per heavy atom. The Morgan fingerprint density at radius 2 is 2.04 bits per heavy atom. The highest BCUT2D eigenvalue weighted by Gasteiger charge is 2.38. The molecule has 1 aromatic carbocycles. The number of rotatable bonds is 7. The maximum absolute atomic E-state index is 12.8. The molecule has 122 valence electrons. The summed E-state index contributed by atoms with van der Waals surface area (Å²) in [6, 6.07) is 9.98. The predicted molar refractivity (Wildman–Crippen MR) is 90.4 cm³/mol. The van der Waals surface area contributed by atoms with Gasteiger partial charge in [0.1, 0.15) is 5.82 Å². The van der Waals surface area contributed by atoms with Crippen LogP contribution >= 0.6 is 0 Å². The van der Waals surface area contributed by atoms with Gasteiger partial charge < -0.3 is 4.98 Å². The third-order valence-electron chi connectivity index (χ3n) is 3.88. The number of H-pyrrole nitrogens is 1. The second-order valence-electron chi connectivity index (χ2n) is 5.67. The van der Waals surface area contributed by atoms with Crippen molar-refractivity contribution in [2.45, 2.75) is 37.3 Å². The molecule has 1 aliphatic rings. The lowest BCUT2D eigenvalue weighted by atomic mass is 10.2. The van der Waals surface area contributed by atoms with E-state index in [-0.39, 0.29) is 11.1 Å². The number of aromatic amines is 1. The summed E-state index contributed by atoms with van der Waals surface area (Å²) in [5.74, 6) is 0.694. The average molecular weight is 331 g/mol. The molecular weight excluding hydrogens is 310 g/mol. The second kappa shape index (κ2) is 6.68. The minimum absolute atomic E-state index is 0.105. The van der Waals surface area contributed by atoms with Crippen molar-refractivity contribution >= 4 is 16.1 Å². The molecule has 0 aliphatic heterocycles. The van der Waals surface area contributed by atoms with E-state index in [0.29, 0.717) is 18.8 Å². The van der Waals surface area contributed by atoms with Crippen LogP contribution in [0.5, 0.6) is 0 Å². The Kier molecular flexibility index (Phi) is 4.63. The third-order valence-corrected chi connectivity index (χ3v) is 5.70. The molecule has 1 heterocycles. The molecule has 0 atom stereocenters. The normalized spacial score (nSPS) is 15.6. The Balaban J connectivity index is 1.77. The topological polar surface area (TPSA) is 66.1 Å². The molecule has 1 aromatic heterocycles. The molecule has 0 amide bonds. The number of aryl methyl sites for hydroxylation is 1. The van der Waals surface area contributed by atoms with E-state index in [1.54, 1.807) is 4.31 Å². The summed E-state index contributed by atoms with van der Waals surface area (Å²) in [6.07, 6.45) is 7.81. The van der Waals surface area contributed by atoms with Crippen molar-refractivity contribution in [1.82, 2.24) is 14.3 Å². The van der Waals surface area contributed by atoms with Gasteiger partial charge in [0.25, 0.3) is 10.0 Å². The van der Waals surface area contributed by atoms with E-state index in [1.807, 2.05) is 49.4 Å². The van der Waals surface area contributed by atoms with Crippen molar-refractivity contribution in [3.05, 3.63) is 54.0 Å². The second-order valence-corrected chi connectivity index (χ2v) is 7.53. The maximum Gasteiger partial charge on any atom is 0.260 e. The van der Waals surface area contributed by atoms with Crippen LogP contribution in [0.4, 0.5) is 0 Å². The van der Waals surface area contributed by atoms with Crippen LogP contribution in [0, 0.1) is 0 Å². The Hall–Kier alpha value is -1.92. The number of sulfonamides is 1. The van der Waals surface area contributed by atoms with Crippen molar-refractivity contribution in [3.8, 4) is 0 Å². The monoisotopic (exact) mass is 331 g/mol. The van der Waals surface area contributed by atoms with Gasteiger partial charge in [-0.05, 0) is 18.4 Å². The highest BCUT2D eigenvalue weighted by molar-refractivity contribution is 7.89. The molecule has 2 aromatic rings. The zero-order chi connectivity index (χ0) is 16.3. The van der Waals surface area contributed by atoms with E-state index in [1.165, 1.54) is 6.20 Å². The summed E-state index contributed by atoms with van der Waals surface area (Å²) in [5.41, 5.74) is 1.07. The van der Waals surface area contributed by atoms with Crippen LogP contribution < -0.4 is 0 Å². The van der Waals surface area contributed by atoms with Gasteiger partial charge in [-0.3, -0.25) is 0 Å². The summed E-state index contributed by atoms with van der Waals surface area (Å²) in [6.45, 7) is 2.32. The molecule has 6 heteroatoms. The molecule has 0 bridgehead atoms. The predicted octanol–water partition coefficient (Wildman–Crippen LogP) is 2.84. The van der Waals surface area contributed by atoms with Crippen molar-refractivity contribution < 1.29 is 8.42 Å². The van der Waals surface area contributed by atoms with Gasteiger partial charge >= 0.3 is 0 Å². The number of imidazole rings is 1. The van der Waals surface area contributed by atoms with E-state index in [0.717, 1.165) is 18.4 Å². The third kappa shape index (κ3) is 3.71. The quantitative estimate of drug-likeness (QED) is 0.848. The first-order valence-electron chi connectivity index (χ1n) is 7.88. The van der Waals surface area contributed by atoms with Crippen LogP contribution in [0.1, 0.15) is 31.2 Å². The van der Waals surface area contributed by atoms with Crippen molar-refractivity contribution in [1.29, 1.82) is 0 Å². The smallest absolute Gasteiger partial charge is 0.260 e. The summed E-state index contributed by atoms with van der Waals surface area (Å²) < 4.78 is 27.2. The van der Waals surface area contributed by atoms with E-state index in [9.17, 15) is 8.42 Å². The molecule has 3 rings (SSSR count). The number of benzene rings is 1. The van der Waals surface area contributed by atoms with Gasteiger partial charge in [0.2, 0.25) is 0 Å². The first kappa shape index (κ1) is 16.0. The molecule has 0 spiro atoms. The summed E-state index contributed by atoms with van der Waals surface area (Å²) in [4.78, 5) is 7.02. The fourth-order valence-corrected chi connectivity index (χ4v) is 4.01. The van der Waals surface area contributed by atoms with Gasteiger partial charge in [-0.1, -0.05) is 49.4 Å². The molecule has 5 nitrogen and oxygen atoms in total. The van der Waals surface area contributed by atoms with Gasteiger partial charge in [-0.25, -0.2) is 13.4 Å². The number of nitrogens with zero attached hydrogens (tertiary/aromatic N) is 2. The lowest BCUT2D eigenvalue weighted by Gasteiger charge is -2.19. The Bertz CT molecular complexity index is 777. The highest BCUT2D eigenvalue weighted by atomic mass is 32.2. The summed E-state index contributed by atoms with van der Waals surface area (Å²) in [5, 5.41) is 0.189. The van der Waals surface area contributed by atoms with Crippen LogP contribution in [0.2, 0.25) is 0 Å². The number of aromatic nitrogens is 2. The van der Waals surface area contributed by atoms with Crippen molar-refractivity contribution in [2.24, 2.45) is 0 Å². The van der Waals surface area contributed by atoms with Crippen molar-refractivity contribution in [2.75, 3.05) is 6.54 Å². The number of hydrogen-bond donors (Lipinski definition) is 1.